The van der Waals surface area contributed by atoms with Gasteiger partial charge in [0.1, 0.15) is 23.8 Å². The molecule has 0 aliphatic carbocycles. The van der Waals surface area contributed by atoms with Crippen molar-refractivity contribution in [2.75, 3.05) is 30.3 Å². The van der Waals surface area contributed by atoms with Crippen LogP contribution in [0, 0.1) is 0 Å². The molecular weight excluding hydrogens is 500 g/mol. The summed E-state index contributed by atoms with van der Waals surface area (Å²) in [6.07, 6.45) is 3.95. The lowest BCUT2D eigenvalue weighted by Gasteiger charge is -2.21. The summed E-state index contributed by atoms with van der Waals surface area (Å²) in [5.74, 6) is 0.811. The summed E-state index contributed by atoms with van der Waals surface area (Å²) in [5.41, 5.74) is 3.31. The molecule has 0 aliphatic heterocycles. The van der Waals surface area contributed by atoms with Gasteiger partial charge in [0.2, 0.25) is 10.0 Å². The highest BCUT2D eigenvalue weighted by Gasteiger charge is 2.20. The maximum atomic E-state index is 12.3. The number of hydrogen-bond donors (Lipinski definition) is 2. The Morgan fingerprint density at radius 1 is 1.00 bits per heavy atom. The maximum absolute atomic E-state index is 12.3. The van der Waals surface area contributed by atoms with Gasteiger partial charge in [0.15, 0.2) is 6.61 Å². The van der Waals surface area contributed by atoms with E-state index in [4.69, 9.17) is 13.9 Å². The van der Waals surface area contributed by atoms with Crippen LogP contribution in [0.2, 0.25) is 0 Å². The van der Waals surface area contributed by atoms with Crippen LogP contribution in [0.5, 0.6) is 11.5 Å². The van der Waals surface area contributed by atoms with Gasteiger partial charge in [0.25, 0.3) is 11.8 Å². The van der Waals surface area contributed by atoms with Gasteiger partial charge in [-0.05, 0) is 73.2 Å². The molecule has 0 aliphatic rings. The van der Waals surface area contributed by atoms with Gasteiger partial charge in [-0.2, -0.15) is 5.10 Å². The van der Waals surface area contributed by atoms with E-state index in [9.17, 15) is 18.0 Å². The first kappa shape index (κ1) is 27.3. The Kier molecular flexibility index (Phi) is 9.67. The number of amides is 2. The van der Waals surface area contributed by atoms with E-state index < -0.39 is 22.5 Å². The van der Waals surface area contributed by atoms with Crippen LogP contribution >= 0.6 is 0 Å². The van der Waals surface area contributed by atoms with Crippen molar-refractivity contribution in [1.29, 1.82) is 0 Å². The SMILES string of the molecule is CCOc1ccc(N(CC(=O)N/N=C\c2ccc(OCC(=O)NCc3ccco3)cc2)S(C)(=O)=O)cc1. The van der Waals surface area contributed by atoms with E-state index in [0.717, 1.165) is 10.6 Å². The van der Waals surface area contributed by atoms with Gasteiger partial charge < -0.3 is 19.2 Å². The van der Waals surface area contributed by atoms with Crippen LogP contribution in [0.1, 0.15) is 18.2 Å². The molecule has 1 aromatic heterocycles. The third-order valence-corrected chi connectivity index (χ3v) is 5.96. The summed E-state index contributed by atoms with van der Waals surface area (Å²) in [4.78, 5) is 24.2. The molecule has 0 fully saturated rings. The first-order valence-corrected chi connectivity index (χ1v) is 13.1. The second-order valence-electron chi connectivity index (χ2n) is 7.70. The fraction of sp³-hybridized carbons (Fsp3) is 0.240. The number of rotatable bonds is 13. The molecule has 12 heteroatoms. The van der Waals surface area contributed by atoms with E-state index in [-0.39, 0.29) is 19.1 Å². The number of carbonyl (C=O) groups is 2. The maximum Gasteiger partial charge on any atom is 0.260 e. The molecule has 3 aromatic rings. The molecule has 11 nitrogen and oxygen atoms in total. The van der Waals surface area contributed by atoms with E-state index in [1.807, 2.05) is 6.92 Å². The normalized spacial score (nSPS) is 11.2. The van der Waals surface area contributed by atoms with E-state index in [1.165, 1.54) is 12.5 Å². The molecule has 0 bridgehead atoms. The zero-order valence-electron chi connectivity index (χ0n) is 20.4. The summed E-state index contributed by atoms with van der Waals surface area (Å²) in [6, 6.07) is 16.6. The predicted octanol–water partition coefficient (Wildman–Crippen LogP) is 2.29. The van der Waals surface area contributed by atoms with Crippen molar-refractivity contribution in [2.45, 2.75) is 13.5 Å². The number of nitrogens with one attached hydrogen (secondary N) is 2. The minimum atomic E-state index is -3.71. The molecule has 0 atom stereocenters. The number of furan rings is 1. The van der Waals surface area contributed by atoms with Crippen LogP contribution < -0.4 is 24.5 Å². The zero-order valence-corrected chi connectivity index (χ0v) is 21.2. The average molecular weight is 529 g/mol. The zero-order chi connectivity index (χ0) is 26.7. The Morgan fingerprint density at radius 3 is 2.30 bits per heavy atom. The fourth-order valence-corrected chi connectivity index (χ4v) is 3.93. The smallest absolute Gasteiger partial charge is 0.260 e. The van der Waals surface area contributed by atoms with Crippen molar-refractivity contribution in [3.63, 3.8) is 0 Å². The summed E-state index contributed by atoms with van der Waals surface area (Å²) in [6.45, 7) is 2.00. The van der Waals surface area contributed by atoms with Crippen LogP contribution in [-0.2, 0) is 26.2 Å². The van der Waals surface area contributed by atoms with Gasteiger partial charge in [-0.3, -0.25) is 13.9 Å². The van der Waals surface area contributed by atoms with E-state index in [1.54, 1.807) is 60.7 Å². The first-order valence-electron chi connectivity index (χ1n) is 11.3. The third kappa shape index (κ3) is 9.00. The summed E-state index contributed by atoms with van der Waals surface area (Å²) in [7, 11) is -3.71. The lowest BCUT2D eigenvalue weighted by molar-refractivity contribution is -0.123. The molecule has 2 N–H and O–H groups in total. The molecule has 1 heterocycles. The van der Waals surface area contributed by atoms with Crippen LogP contribution in [0.4, 0.5) is 5.69 Å². The lowest BCUT2D eigenvalue weighted by atomic mass is 10.2. The quantitative estimate of drug-likeness (QED) is 0.256. The molecule has 0 radical (unpaired) electrons. The van der Waals surface area contributed by atoms with Crippen molar-refractivity contribution >= 4 is 33.7 Å². The Labute approximate surface area is 215 Å². The van der Waals surface area contributed by atoms with Crippen molar-refractivity contribution < 1.29 is 31.9 Å². The molecule has 37 heavy (non-hydrogen) atoms. The Balaban J connectivity index is 1.47. The molecule has 0 saturated carbocycles. The molecule has 0 unspecified atom stereocenters. The minimum absolute atomic E-state index is 0.157. The van der Waals surface area contributed by atoms with E-state index >= 15 is 0 Å². The van der Waals surface area contributed by atoms with Crippen molar-refractivity contribution in [1.82, 2.24) is 10.7 Å². The number of hydrogen-bond acceptors (Lipinski definition) is 8. The Bertz CT molecular complexity index is 1290. The molecule has 0 spiro atoms. The van der Waals surface area contributed by atoms with Crippen LogP contribution in [0.25, 0.3) is 0 Å². The first-order chi connectivity index (χ1) is 17.7. The number of ether oxygens (including phenoxy) is 2. The van der Waals surface area contributed by atoms with Gasteiger partial charge >= 0.3 is 0 Å². The molecule has 0 saturated heterocycles. The molecule has 196 valence electrons. The van der Waals surface area contributed by atoms with Crippen LogP contribution in [-0.4, -0.2) is 52.5 Å². The number of hydrazone groups is 1. The monoisotopic (exact) mass is 528 g/mol. The van der Waals surface area contributed by atoms with Gasteiger partial charge in [-0.15, -0.1) is 0 Å². The predicted molar refractivity (Wildman–Crippen MR) is 138 cm³/mol. The lowest BCUT2D eigenvalue weighted by Crippen LogP contribution is -2.39. The third-order valence-electron chi connectivity index (χ3n) is 4.82. The fourth-order valence-electron chi connectivity index (χ4n) is 3.07. The van der Waals surface area contributed by atoms with Crippen molar-refractivity contribution in [2.24, 2.45) is 5.10 Å². The highest BCUT2D eigenvalue weighted by molar-refractivity contribution is 7.92. The molecular formula is C25H28N4O7S. The van der Waals surface area contributed by atoms with Gasteiger partial charge in [0, 0.05) is 0 Å². The van der Waals surface area contributed by atoms with Crippen LogP contribution in [0.15, 0.2) is 76.4 Å². The standard InChI is InChI=1S/C25H28N4O7S/c1-3-34-21-12-8-20(9-13-21)29(37(2,32)33)17-24(30)28-27-15-19-6-10-22(11-7-19)36-18-25(31)26-16-23-5-4-14-35-23/h4-15H,3,16-18H2,1-2H3,(H,26,31)(H,28,30)/b27-15-. The van der Waals surface area contributed by atoms with Gasteiger partial charge in [-0.1, -0.05) is 0 Å². The van der Waals surface area contributed by atoms with Crippen LogP contribution in [0.3, 0.4) is 0 Å². The van der Waals surface area contributed by atoms with Gasteiger partial charge in [-0.25, -0.2) is 13.8 Å². The van der Waals surface area contributed by atoms with Crippen molar-refractivity contribution in [3.8, 4) is 11.5 Å². The molecule has 3 rings (SSSR count). The minimum Gasteiger partial charge on any atom is -0.494 e. The largest absolute Gasteiger partial charge is 0.494 e. The Morgan fingerprint density at radius 2 is 1.68 bits per heavy atom. The molecule has 2 aromatic carbocycles. The Hall–Kier alpha value is -4.32. The topological polar surface area (TPSA) is 140 Å². The highest BCUT2D eigenvalue weighted by Crippen LogP contribution is 2.21. The summed E-state index contributed by atoms with van der Waals surface area (Å²) in [5, 5.41) is 6.56. The van der Waals surface area contributed by atoms with Crippen molar-refractivity contribution in [3.05, 3.63) is 78.3 Å². The van der Waals surface area contributed by atoms with E-state index in [0.29, 0.717) is 35.1 Å². The number of benzene rings is 2. The van der Waals surface area contributed by atoms with Gasteiger partial charge in [0.05, 0.1) is 37.6 Å². The number of anilines is 1. The number of carbonyl (C=O) groups excluding carboxylic acids is 2. The second-order valence-corrected chi connectivity index (χ2v) is 9.61. The number of nitrogens with zero attached hydrogens (tertiary/aromatic N) is 2. The van der Waals surface area contributed by atoms with E-state index in [2.05, 4.69) is 15.8 Å². The summed E-state index contributed by atoms with van der Waals surface area (Å²) < 4.78 is 41.4. The average Bonchev–Trinajstić information content (AvgIpc) is 3.39. The highest BCUT2D eigenvalue weighted by atomic mass is 32.2. The second kappa shape index (κ2) is 13.1. The molecule has 2 amide bonds. The number of sulfonamides is 1. The summed E-state index contributed by atoms with van der Waals surface area (Å²) >= 11 is 0.